The van der Waals surface area contributed by atoms with Gasteiger partial charge in [-0.1, -0.05) is 6.08 Å². The normalized spacial score (nSPS) is 41.3. The van der Waals surface area contributed by atoms with Crippen molar-refractivity contribution in [2.24, 2.45) is 5.92 Å². The molecule has 1 aliphatic carbocycles. The van der Waals surface area contributed by atoms with Crippen molar-refractivity contribution >= 4 is 0 Å². The summed E-state index contributed by atoms with van der Waals surface area (Å²) in [6.07, 6.45) is 4.96. The molecule has 3 atom stereocenters. The van der Waals surface area contributed by atoms with Crippen LogP contribution in [-0.2, 0) is 4.74 Å². The van der Waals surface area contributed by atoms with E-state index in [1.165, 1.54) is 12.8 Å². The fourth-order valence-corrected chi connectivity index (χ4v) is 2.22. The topological polar surface area (TPSA) is 21.3 Å². The molecule has 1 saturated heterocycles. The maximum atomic E-state index is 5.66. The molecule has 1 aliphatic heterocycles. The van der Waals surface area contributed by atoms with Gasteiger partial charge in [0.2, 0.25) is 0 Å². The molecule has 62 valence electrons. The highest BCUT2D eigenvalue weighted by Gasteiger charge is 2.41. The predicted molar refractivity (Wildman–Crippen MR) is 44.5 cm³/mol. The molecule has 2 bridgehead atoms. The lowest BCUT2D eigenvalue weighted by atomic mass is 10.1. The van der Waals surface area contributed by atoms with Gasteiger partial charge in [-0.05, 0) is 18.8 Å². The largest absolute Gasteiger partial charge is 0.372 e. The fraction of sp³-hybridized carbons (Fsp3) is 0.778. The maximum Gasteiger partial charge on any atom is 0.0772 e. The van der Waals surface area contributed by atoms with Crippen molar-refractivity contribution in [3.8, 4) is 0 Å². The van der Waals surface area contributed by atoms with E-state index in [2.05, 4.69) is 11.9 Å². The molecule has 0 unspecified atom stereocenters. The van der Waals surface area contributed by atoms with Gasteiger partial charge in [0.1, 0.15) is 0 Å². The average molecular weight is 153 g/mol. The number of piperidine rings is 1. The van der Waals surface area contributed by atoms with Crippen LogP contribution in [0.1, 0.15) is 12.8 Å². The van der Waals surface area contributed by atoms with Crippen molar-refractivity contribution < 1.29 is 4.74 Å². The summed E-state index contributed by atoms with van der Waals surface area (Å²) in [6, 6.07) is 0.639. The van der Waals surface area contributed by atoms with E-state index < -0.39 is 0 Å². The molecule has 1 saturated carbocycles. The standard InChI is InChI=1S/C9H15NO/c1-2-5-11-9-7-3-4-8(9)10-6-7/h2,7-10H,1,3-6H2/t7-,8+,9+/m0/s1. The third-order valence-corrected chi connectivity index (χ3v) is 2.76. The molecule has 0 aromatic rings. The summed E-state index contributed by atoms with van der Waals surface area (Å²) in [6.45, 7) is 5.51. The molecular weight excluding hydrogens is 138 g/mol. The van der Waals surface area contributed by atoms with Gasteiger partial charge < -0.3 is 10.1 Å². The molecule has 2 aliphatic rings. The van der Waals surface area contributed by atoms with E-state index in [4.69, 9.17) is 4.74 Å². The first kappa shape index (κ1) is 7.32. The number of hydrogen-bond donors (Lipinski definition) is 1. The number of nitrogens with one attached hydrogen (secondary N) is 1. The van der Waals surface area contributed by atoms with Gasteiger partial charge in [0.25, 0.3) is 0 Å². The first-order chi connectivity index (χ1) is 5.42. The molecule has 0 aromatic carbocycles. The second-order valence-electron chi connectivity index (χ2n) is 3.44. The van der Waals surface area contributed by atoms with E-state index in [-0.39, 0.29) is 0 Å². The molecule has 2 heteroatoms. The minimum atomic E-state index is 0.480. The van der Waals surface area contributed by atoms with Gasteiger partial charge in [0.15, 0.2) is 0 Å². The SMILES string of the molecule is C=CCO[C@@H]1[C@H]2CC[C@H]1NC2. The Morgan fingerprint density at radius 2 is 2.45 bits per heavy atom. The van der Waals surface area contributed by atoms with Crippen LogP contribution in [0.15, 0.2) is 12.7 Å². The molecule has 0 radical (unpaired) electrons. The summed E-state index contributed by atoms with van der Waals surface area (Å²) in [5.74, 6) is 0.778. The van der Waals surface area contributed by atoms with Crippen LogP contribution in [0.5, 0.6) is 0 Å². The molecule has 1 N–H and O–H groups in total. The highest BCUT2D eigenvalue weighted by atomic mass is 16.5. The minimum Gasteiger partial charge on any atom is -0.372 e. The van der Waals surface area contributed by atoms with E-state index in [0.29, 0.717) is 18.8 Å². The molecule has 2 rings (SSSR count). The quantitative estimate of drug-likeness (QED) is 0.609. The van der Waals surface area contributed by atoms with Gasteiger partial charge in [-0.2, -0.15) is 0 Å². The Bertz CT molecular complexity index is 138. The zero-order valence-electron chi connectivity index (χ0n) is 6.75. The Labute approximate surface area is 67.6 Å². The Hall–Kier alpha value is -0.340. The molecule has 0 amide bonds. The van der Waals surface area contributed by atoms with Crippen LogP contribution in [0.4, 0.5) is 0 Å². The number of rotatable bonds is 3. The molecule has 2 nitrogen and oxygen atoms in total. The van der Waals surface area contributed by atoms with Gasteiger partial charge in [-0.25, -0.2) is 0 Å². The Morgan fingerprint density at radius 3 is 2.91 bits per heavy atom. The van der Waals surface area contributed by atoms with Gasteiger partial charge in [0, 0.05) is 12.6 Å². The van der Waals surface area contributed by atoms with Crippen LogP contribution >= 0.6 is 0 Å². The zero-order valence-corrected chi connectivity index (χ0v) is 6.75. The minimum absolute atomic E-state index is 0.480. The zero-order chi connectivity index (χ0) is 7.68. The van der Waals surface area contributed by atoms with E-state index in [1.807, 2.05) is 6.08 Å². The van der Waals surface area contributed by atoms with Crippen molar-refractivity contribution in [2.45, 2.75) is 25.0 Å². The van der Waals surface area contributed by atoms with E-state index in [0.717, 1.165) is 12.5 Å². The monoisotopic (exact) mass is 153 g/mol. The average Bonchev–Trinajstić information content (AvgIpc) is 2.59. The van der Waals surface area contributed by atoms with Crippen molar-refractivity contribution in [3.05, 3.63) is 12.7 Å². The summed E-state index contributed by atoms with van der Waals surface area (Å²) in [5.41, 5.74) is 0. The first-order valence-corrected chi connectivity index (χ1v) is 4.37. The van der Waals surface area contributed by atoms with Crippen molar-refractivity contribution in [3.63, 3.8) is 0 Å². The van der Waals surface area contributed by atoms with Gasteiger partial charge in [-0.3, -0.25) is 0 Å². The third kappa shape index (κ3) is 1.21. The van der Waals surface area contributed by atoms with Crippen molar-refractivity contribution in [1.29, 1.82) is 0 Å². The van der Waals surface area contributed by atoms with E-state index in [9.17, 15) is 0 Å². The summed E-state index contributed by atoms with van der Waals surface area (Å²) in [4.78, 5) is 0. The number of ether oxygens (including phenoxy) is 1. The third-order valence-electron chi connectivity index (χ3n) is 2.76. The second-order valence-corrected chi connectivity index (χ2v) is 3.44. The maximum absolute atomic E-state index is 5.66. The lowest BCUT2D eigenvalue weighted by molar-refractivity contribution is 0.0575. The molecule has 11 heavy (non-hydrogen) atoms. The molecule has 0 aromatic heterocycles. The van der Waals surface area contributed by atoms with Crippen LogP contribution < -0.4 is 5.32 Å². The van der Waals surface area contributed by atoms with Gasteiger partial charge in [0.05, 0.1) is 12.7 Å². The fourth-order valence-electron chi connectivity index (χ4n) is 2.22. The van der Waals surface area contributed by atoms with Gasteiger partial charge in [-0.15, -0.1) is 6.58 Å². The van der Waals surface area contributed by atoms with Crippen molar-refractivity contribution in [1.82, 2.24) is 5.32 Å². The molecular formula is C9H15NO. The number of hydrogen-bond acceptors (Lipinski definition) is 2. The molecule has 2 fully saturated rings. The van der Waals surface area contributed by atoms with E-state index >= 15 is 0 Å². The van der Waals surface area contributed by atoms with Crippen LogP contribution in [0, 0.1) is 5.92 Å². The molecule has 0 spiro atoms. The predicted octanol–water partition coefficient (Wildman–Crippen LogP) is 0.939. The Balaban J connectivity index is 1.89. The summed E-state index contributed by atoms with van der Waals surface area (Å²) in [7, 11) is 0. The van der Waals surface area contributed by atoms with Crippen molar-refractivity contribution in [2.75, 3.05) is 13.2 Å². The summed E-state index contributed by atoms with van der Waals surface area (Å²) in [5, 5.41) is 3.46. The lowest BCUT2D eigenvalue weighted by Gasteiger charge is -2.13. The number of fused-ring (bicyclic) bond motifs is 2. The highest BCUT2D eigenvalue weighted by Crippen LogP contribution is 2.33. The van der Waals surface area contributed by atoms with Crippen LogP contribution in [0.2, 0.25) is 0 Å². The summed E-state index contributed by atoms with van der Waals surface area (Å²) < 4.78 is 5.66. The second kappa shape index (κ2) is 2.95. The smallest absolute Gasteiger partial charge is 0.0772 e. The Kier molecular flexibility index (Phi) is 1.96. The summed E-state index contributed by atoms with van der Waals surface area (Å²) >= 11 is 0. The first-order valence-electron chi connectivity index (χ1n) is 4.37. The van der Waals surface area contributed by atoms with Crippen LogP contribution in [0.3, 0.4) is 0 Å². The molecule has 1 heterocycles. The van der Waals surface area contributed by atoms with Crippen LogP contribution in [-0.4, -0.2) is 25.3 Å². The van der Waals surface area contributed by atoms with Crippen LogP contribution in [0.25, 0.3) is 0 Å². The highest BCUT2D eigenvalue weighted by molar-refractivity contribution is 4.98. The Morgan fingerprint density at radius 1 is 1.55 bits per heavy atom. The van der Waals surface area contributed by atoms with E-state index in [1.54, 1.807) is 0 Å². The van der Waals surface area contributed by atoms with Gasteiger partial charge >= 0.3 is 0 Å². The lowest BCUT2D eigenvalue weighted by Crippen LogP contribution is -2.29.